The molecule has 2 rings (SSSR count). The maximum Gasteiger partial charge on any atom is 0.229 e. The SMILES string of the molecule is COCCOc1ccc(NC(=O)C2CCCCC2(C)N)cc1F. The molecule has 128 valence electrons. The van der Waals surface area contributed by atoms with Crippen LogP contribution in [0, 0.1) is 11.7 Å². The Morgan fingerprint density at radius 1 is 1.43 bits per heavy atom. The fourth-order valence-corrected chi connectivity index (χ4v) is 2.95. The van der Waals surface area contributed by atoms with Crippen LogP contribution in [-0.2, 0) is 9.53 Å². The van der Waals surface area contributed by atoms with E-state index in [-0.39, 0.29) is 24.2 Å². The summed E-state index contributed by atoms with van der Waals surface area (Å²) in [6.07, 6.45) is 3.62. The Labute approximate surface area is 136 Å². The second-order valence-corrected chi connectivity index (χ2v) is 6.28. The number of nitrogens with two attached hydrogens (primary N) is 1. The van der Waals surface area contributed by atoms with Crippen molar-refractivity contribution in [3.63, 3.8) is 0 Å². The van der Waals surface area contributed by atoms with Gasteiger partial charge >= 0.3 is 0 Å². The van der Waals surface area contributed by atoms with E-state index in [9.17, 15) is 9.18 Å². The van der Waals surface area contributed by atoms with Crippen LogP contribution in [0.1, 0.15) is 32.6 Å². The quantitative estimate of drug-likeness (QED) is 0.789. The fraction of sp³-hybridized carbons (Fsp3) is 0.588. The van der Waals surface area contributed by atoms with Gasteiger partial charge < -0.3 is 20.5 Å². The van der Waals surface area contributed by atoms with Crippen LogP contribution in [0.2, 0.25) is 0 Å². The normalized spacial score (nSPS) is 24.3. The summed E-state index contributed by atoms with van der Waals surface area (Å²) in [4.78, 5) is 12.4. The minimum Gasteiger partial charge on any atom is -0.488 e. The van der Waals surface area contributed by atoms with Crippen LogP contribution in [0.4, 0.5) is 10.1 Å². The van der Waals surface area contributed by atoms with Gasteiger partial charge in [-0.05, 0) is 31.9 Å². The molecule has 0 radical (unpaired) electrons. The minimum absolute atomic E-state index is 0.140. The van der Waals surface area contributed by atoms with Gasteiger partial charge in [-0.25, -0.2) is 4.39 Å². The third kappa shape index (κ3) is 4.65. The van der Waals surface area contributed by atoms with Crippen molar-refractivity contribution in [2.75, 3.05) is 25.6 Å². The Hall–Kier alpha value is -1.66. The first-order valence-electron chi connectivity index (χ1n) is 7.95. The summed E-state index contributed by atoms with van der Waals surface area (Å²) in [5.74, 6) is -0.779. The summed E-state index contributed by atoms with van der Waals surface area (Å²) in [6.45, 7) is 2.56. The van der Waals surface area contributed by atoms with E-state index in [1.807, 2.05) is 6.92 Å². The van der Waals surface area contributed by atoms with E-state index >= 15 is 0 Å². The van der Waals surface area contributed by atoms with Crippen molar-refractivity contribution in [1.29, 1.82) is 0 Å². The summed E-state index contributed by atoms with van der Waals surface area (Å²) < 4.78 is 24.1. The summed E-state index contributed by atoms with van der Waals surface area (Å²) in [7, 11) is 1.55. The minimum atomic E-state index is -0.516. The number of anilines is 1. The molecule has 0 saturated heterocycles. The molecule has 0 heterocycles. The molecular formula is C17H25FN2O3. The third-order valence-electron chi connectivity index (χ3n) is 4.32. The lowest BCUT2D eigenvalue weighted by Gasteiger charge is -2.37. The Morgan fingerprint density at radius 2 is 2.22 bits per heavy atom. The van der Waals surface area contributed by atoms with Gasteiger partial charge in [0.05, 0.1) is 12.5 Å². The molecule has 0 spiro atoms. The summed E-state index contributed by atoms with van der Waals surface area (Å²) >= 11 is 0. The zero-order valence-corrected chi connectivity index (χ0v) is 13.7. The number of hydrogen-bond acceptors (Lipinski definition) is 4. The largest absolute Gasteiger partial charge is 0.488 e. The molecule has 5 nitrogen and oxygen atoms in total. The van der Waals surface area contributed by atoms with Crippen molar-refractivity contribution in [2.45, 2.75) is 38.1 Å². The monoisotopic (exact) mass is 324 g/mol. The second kappa shape index (κ2) is 7.75. The number of rotatable bonds is 6. The van der Waals surface area contributed by atoms with Crippen molar-refractivity contribution < 1.29 is 18.7 Å². The molecule has 0 aromatic heterocycles. The lowest BCUT2D eigenvalue weighted by molar-refractivity contribution is -0.122. The molecule has 1 aliphatic rings. The van der Waals surface area contributed by atoms with E-state index in [1.165, 1.54) is 12.1 Å². The van der Waals surface area contributed by atoms with Gasteiger partial charge in [0, 0.05) is 24.4 Å². The highest BCUT2D eigenvalue weighted by Crippen LogP contribution is 2.32. The molecule has 3 N–H and O–H groups in total. The average Bonchev–Trinajstić information content (AvgIpc) is 2.49. The number of benzene rings is 1. The number of hydrogen-bond donors (Lipinski definition) is 2. The van der Waals surface area contributed by atoms with Gasteiger partial charge in [-0.3, -0.25) is 4.79 Å². The molecular weight excluding hydrogens is 299 g/mol. The van der Waals surface area contributed by atoms with Gasteiger partial charge in [-0.15, -0.1) is 0 Å². The summed E-state index contributed by atoms with van der Waals surface area (Å²) in [5.41, 5.74) is 6.13. The zero-order chi connectivity index (χ0) is 16.9. The van der Waals surface area contributed by atoms with Crippen LogP contribution in [-0.4, -0.2) is 31.8 Å². The Morgan fingerprint density at radius 3 is 2.87 bits per heavy atom. The number of methoxy groups -OCH3 is 1. The first kappa shape index (κ1) is 17.7. The topological polar surface area (TPSA) is 73.6 Å². The van der Waals surface area contributed by atoms with E-state index in [2.05, 4.69) is 5.32 Å². The van der Waals surface area contributed by atoms with E-state index in [1.54, 1.807) is 13.2 Å². The molecule has 6 heteroatoms. The first-order valence-corrected chi connectivity index (χ1v) is 7.95. The Bertz CT molecular complexity index is 549. The molecule has 2 unspecified atom stereocenters. The van der Waals surface area contributed by atoms with E-state index < -0.39 is 11.4 Å². The molecule has 23 heavy (non-hydrogen) atoms. The molecule has 0 bridgehead atoms. The lowest BCUT2D eigenvalue weighted by Crippen LogP contribution is -2.51. The first-order chi connectivity index (χ1) is 10.9. The molecule has 1 aliphatic carbocycles. The second-order valence-electron chi connectivity index (χ2n) is 6.28. The fourth-order valence-electron chi connectivity index (χ4n) is 2.95. The molecule has 1 amide bonds. The van der Waals surface area contributed by atoms with Gasteiger partial charge in [-0.1, -0.05) is 12.8 Å². The Balaban J connectivity index is 1.99. The average molecular weight is 324 g/mol. The van der Waals surface area contributed by atoms with Gasteiger partial charge in [0.1, 0.15) is 6.61 Å². The molecule has 2 atom stereocenters. The van der Waals surface area contributed by atoms with Crippen molar-refractivity contribution in [1.82, 2.24) is 0 Å². The van der Waals surface area contributed by atoms with E-state index in [0.717, 1.165) is 25.7 Å². The Kier molecular flexibility index (Phi) is 5.96. The predicted octanol–water partition coefficient (Wildman–Crippen LogP) is 2.70. The maximum atomic E-state index is 14.0. The number of amides is 1. The van der Waals surface area contributed by atoms with E-state index in [0.29, 0.717) is 12.3 Å². The standard InChI is InChI=1S/C17H25FN2O3/c1-17(19)8-4-3-5-13(17)16(21)20-12-6-7-15(14(18)11-12)23-10-9-22-2/h6-7,11,13H,3-5,8-10,19H2,1-2H3,(H,20,21). The maximum absolute atomic E-state index is 14.0. The van der Waals surface area contributed by atoms with Crippen LogP contribution in [0.25, 0.3) is 0 Å². The lowest BCUT2D eigenvalue weighted by atomic mass is 9.74. The van der Waals surface area contributed by atoms with Gasteiger partial charge in [0.25, 0.3) is 0 Å². The number of ether oxygens (including phenoxy) is 2. The number of carbonyl (C=O) groups is 1. The third-order valence-corrected chi connectivity index (χ3v) is 4.32. The van der Waals surface area contributed by atoms with Crippen LogP contribution >= 0.6 is 0 Å². The molecule has 1 fully saturated rings. The summed E-state index contributed by atoms with van der Waals surface area (Å²) in [5, 5.41) is 2.76. The predicted molar refractivity (Wildman–Crippen MR) is 87.0 cm³/mol. The molecule has 1 aromatic carbocycles. The number of halogens is 1. The van der Waals surface area contributed by atoms with Crippen LogP contribution in [0.3, 0.4) is 0 Å². The number of carbonyl (C=O) groups excluding carboxylic acids is 1. The zero-order valence-electron chi connectivity index (χ0n) is 13.7. The van der Waals surface area contributed by atoms with Crippen LogP contribution in [0.15, 0.2) is 18.2 Å². The molecule has 1 aromatic rings. The van der Waals surface area contributed by atoms with Crippen molar-refractivity contribution in [2.24, 2.45) is 11.7 Å². The number of nitrogens with one attached hydrogen (secondary N) is 1. The highest BCUT2D eigenvalue weighted by atomic mass is 19.1. The van der Waals surface area contributed by atoms with Crippen molar-refractivity contribution in [3.8, 4) is 5.75 Å². The van der Waals surface area contributed by atoms with Crippen LogP contribution < -0.4 is 15.8 Å². The highest BCUT2D eigenvalue weighted by molar-refractivity contribution is 5.93. The van der Waals surface area contributed by atoms with Gasteiger partial charge in [-0.2, -0.15) is 0 Å². The molecule has 0 aliphatic heterocycles. The van der Waals surface area contributed by atoms with Crippen LogP contribution in [0.5, 0.6) is 5.75 Å². The smallest absolute Gasteiger partial charge is 0.229 e. The van der Waals surface area contributed by atoms with E-state index in [4.69, 9.17) is 15.2 Å². The molecule has 1 saturated carbocycles. The van der Waals surface area contributed by atoms with Crippen molar-refractivity contribution in [3.05, 3.63) is 24.0 Å². The highest BCUT2D eigenvalue weighted by Gasteiger charge is 2.37. The van der Waals surface area contributed by atoms with Crippen molar-refractivity contribution >= 4 is 11.6 Å². The van der Waals surface area contributed by atoms with Gasteiger partial charge in [0.2, 0.25) is 5.91 Å². The summed E-state index contributed by atoms with van der Waals surface area (Å²) in [6, 6.07) is 4.39. The van der Waals surface area contributed by atoms with Gasteiger partial charge in [0.15, 0.2) is 11.6 Å².